The summed E-state index contributed by atoms with van der Waals surface area (Å²) in [5.74, 6) is 1.71. The number of rotatable bonds is 6. The van der Waals surface area contributed by atoms with Gasteiger partial charge in [0.2, 0.25) is 0 Å². The summed E-state index contributed by atoms with van der Waals surface area (Å²) in [6, 6.07) is 30.6. The number of amides is 1. The van der Waals surface area contributed by atoms with Crippen molar-refractivity contribution in [1.29, 1.82) is 0 Å². The molecule has 1 aliphatic heterocycles. The Bertz CT molecular complexity index is 1560. The summed E-state index contributed by atoms with van der Waals surface area (Å²) in [4.78, 5) is 26.9. The lowest BCUT2D eigenvalue weighted by Crippen LogP contribution is -2.38. The minimum atomic E-state index is -0.357. The molecule has 1 heterocycles. The third-order valence-electron chi connectivity index (χ3n) is 5.93. The van der Waals surface area contributed by atoms with Crippen molar-refractivity contribution < 1.29 is 14.3 Å². The van der Waals surface area contributed by atoms with Crippen molar-refractivity contribution in [2.75, 3.05) is 19.1 Å². The quantitative estimate of drug-likeness (QED) is 0.239. The molecule has 1 saturated heterocycles. The first-order valence-corrected chi connectivity index (χ1v) is 12.7. The third kappa shape index (κ3) is 5.52. The highest BCUT2D eigenvalue weighted by atomic mass is 35.5. The molecular weight excluding hydrogens is 532 g/mol. The zero-order valence-corrected chi connectivity index (χ0v) is 22.7. The minimum Gasteiger partial charge on any atom is -0.497 e. The number of ether oxygens (including phenoxy) is 2. The largest absolute Gasteiger partial charge is 0.497 e. The lowest BCUT2D eigenvalue weighted by Gasteiger charge is -2.19. The molecule has 0 spiro atoms. The van der Waals surface area contributed by atoms with Crippen molar-refractivity contribution >= 4 is 63.6 Å². The van der Waals surface area contributed by atoms with E-state index in [1.807, 2.05) is 54.6 Å². The normalized spacial score (nSPS) is 15.2. The highest BCUT2D eigenvalue weighted by molar-refractivity contribution is 7.80. The van der Waals surface area contributed by atoms with Gasteiger partial charge in [0.05, 0.1) is 25.6 Å². The van der Waals surface area contributed by atoms with Crippen LogP contribution >= 0.6 is 23.8 Å². The SMILES string of the molecule is COc1ccc(N=C2C(=Nc3ccc(OC)cc3)N(c3ccccc3)C(=S)N2C(=O)c2ccc(Cl)cc2)cc1. The van der Waals surface area contributed by atoms with E-state index >= 15 is 0 Å². The summed E-state index contributed by atoms with van der Waals surface area (Å²) in [5.41, 5.74) is 2.38. The van der Waals surface area contributed by atoms with E-state index in [1.165, 1.54) is 4.90 Å². The molecule has 4 aromatic rings. The summed E-state index contributed by atoms with van der Waals surface area (Å²) < 4.78 is 10.6. The smallest absolute Gasteiger partial charge is 0.265 e. The van der Waals surface area contributed by atoms with Gasteiger partial charge >= 0.3 is 0 Å². The number of hydrogen-bond acceptors (Lipinski definition) is 6. The van der Waals surface area contributed by atoms with Crippen LogP contribution in [0.25, 0.3) is 0 Å². The molecule has 1 fully saturated rings. The molecule has 0 radical (unpaired) electrons. The Morgan fingerprint density at radius 1 is 0.718 bits per heavy atom. The van der Waals surface area contributed by atoms with E-state index in [0.717, 1.165) is 5.69 Å². The molecular formula is C30H23ClN4O3S. The highest BCUT2D eigenvalue weighted by Crippen LogP contribution is 2.30. The number of methoxy groups -OCH3 is 2. The van der Waals surface area contributed by atoms with Crippen LogP contribution in [0.2, 0.25) is 5.02 Å². The van der Waals surface area contributed by atoms with Crippen LogP contribution in [0.15, 0.2) is 113 Å². The van der Waals surface area contributed by atoms with Crippen molar-refractivity contribution in [3.63, 3.8) is 0 Å². The fourth-order valence-electron chi connectivity index (χ4n) is 3.95. The number of halogens is 1. The zero-order chi connectivity index (χ0) is 27.4. The van der Waals surface area contributed by atoms with Gasteiger partial charge in [-0.2, -0.15) is 0 Å². The number of nitrogens with zero attached hydrogens (tertiary/aromatic N) is 4. The molecule has 7 nitrogen and oxygen atoms in total. The maximum Gasteiger partial charge on any atom is 0.265 e. The Balaban J connectivity index is 1.71. The molecule has 0 aromatic heterocycles. The number of carbonyl (C=O) groups is 1. The van der Waals surface area contributed by atoms with Crippen molar-refractivity contribution in [1.82, 2.24) is 4.90 Å². The first-order chi connectivity index (χ1) is 19.0. The van der Waals surface area contributed by atoms with E-state index < -0.39 is 0 Å². The minimum absolute atomic E-state index is 0.223. The Labute approximate surface area is 236 Å². The fourth-order valence-corrected chi connectivity index (χ4v) is 4.44. The average molecular weight is 555 g/mol. The summed E-state index contributed by atoms with van der Waals surface area (Å²) in [6.07, 6.45) is 0. The standard InChI is InChI=1S/C30H23ClN4O3S/c1-37-25-16-12-22(13-17-25)32-27-28(33-23-14-18-26(38-2)19-15-23)35(29(36)20-8-10-21(31)11-9-20)30(39)34(27)24-6-4-3-5-7-24/h3-19H,1-2H3. The molecule has 0 saturated carbocycles. The average Bonchev–Trinajstić information content (AvgIpc) is 3.24. The molecule has 1 amide bonds. The molecule has 1 aliphatic rings. The van der Waals surface area contributed by atoms with Gasteiger partial charge in [0, 0.05) is 16.3 Å². The van der Waals surface area contributed by atoms with Crippen LogP contribution in [-0.4, -0.2) is 41.8 Å². The molecule has 0 unspecified atom stereocenters. The molecule has 0 aliphatic carbocycles. The molecule has 194 valence electrons. The molecule has 9 heteroatoms. The summed E-state index contributed by atoms with van der Waals surface area (Å²) in [7, 11) is 3.20. The Hall–Kier alpha value is -4.53. The van der Waals surface area contributed by atoms with Crippen molar-refractivity contribution in [3.8, 4) is 11.5 Å². The predicted molar refractivity (Wildman–Crippen MR) is 159 cm³/mol. The second-order valence-corrected chi connectivity index (χ2v) is 9.17. The van der Waals surface area contributed by atoms with Crippen molar-refractivity contribution in [3.05, 3.63) is 114 Å². The van der Waals surface area contributed by atoms with E-state index in [0.29, 0.717) is 39.3 Å². The maximum absolute atomic E-state index is 13.9. The second-order valence-electron chi connectivity index (χ2n) is 8.37. The van der Waals surface area contributed by atoms with E-state index in [1.54, 1.807) is 67.7 Å². The highest BCUT2D eigenvalue weighted by Gasteiger charge is 2.43. The first-order valence-electron chi connectivity index (χ1n) is 11.9. The lowest BCUT2D eigenvalue weighted by molar-refractivity contribution is 0.0907. The van der Waals surface area contributed by atoms with Crippen molar-refractivity contribution in [2.45, 2.75) is 0 Å². The fraction of sp³-hybridized carbons (Fsp3) is 0.0667. The van der Waals surface area contributed by atoms with Gasteiger partial charge in [0.1, 0.15) is 11.5 Å². The number of carbonyl (C=O) groups excluding carboxylic acids is 1. The number of thiocarbonyl (C=S) groups is 1. The van der Waals surface area contributed by atoms with Gasteiger partial charge in [0.15, 0.2) is 16.8 Å². The topological polar surface area (TPSA) is 66.7 Å². The molecule has 0 bridgehead atoms. The van der Waals surface area contributed by atoms with Gasteiger partial charge in [0.25, 0.3) is 5.91 Å². The van der Waals surface area contributed by atoms with Gasteiger partial charge in [-0.1, -0.05) is 29.8 Å². The summed E-state index contributed by atoms with van der Waals surface area (Å²) in [5, 5.41) is 0.746. The first kappa shape index (κ1) is 26.1. The van der Waals surface area contributed by atoms with Crippen LogP contribution in [0, 0.1) is 0 Å². The van der Waals surface area contributed by atoms with Crippen LogP contribution < -0.4 is 14.4 Å². The number of para-hydroxylation sites is 1. The number of benzene rings is 4. The van der Waals surface area contributed by atoms with Gasteiger partial charge in [-0.3, -0.25) is 9.69 Å². The number of hydrogen-bond donors (Lipinski definition) is 0. The monoisotopic (exact) mass is 554 g/mol. The third-order valence-corrected chi connectivity index (χ3v) is 6.55. The summed E-state index contributed by atoms with van der Waals surface area (Å²) >= 11 is 12.0. The van der Waals surface area contributed by atoms with Crippen LogP contribution in [-0.2, 0) is 0 Å². The molecule has 0 N–H and O–H groups in total. The maximum atomic E-state index is 13.9. The number of amidine groups is 2. The van der Waals surface area contributed by atoms with E-state index in [9.17, 15) is 4.79 Å². The van der Waals surface area contributed by atoms with Crippen LogP contribution in [0.4, 0.5) is 17.1 Å². The van der Waals surface area contributed by atoms with Gasteiger partial charge in [-0.15, -0.1) is 0 Å². The number of anilines is 1. The summed E-state index contributed by atoms with van der Waals surface area (Å²) in [6.45, 7) is 0. The van der Waals surface area contributed by atoms with Crippen LogP contribution in [0.1, 0.15) is 10.4 Å². The van der Waals surface area contributed by atoms with Gasteiger partial charge < -0.3 is 9.47 Å². The zero-order valence-electron chi connectivity index (χ0n) is 21.1. The van der Waals surface area contributed by atoms with E-state index in [2.05, 4.69) is 0 Å². The van der Waals surface area contributed by atoms with Crippen molar-refractivity contribution in [2.24, 2.45) is 9.98 Å². The van der Waals surface area contributed by atoms with Crippen LogP contribution in [0.5, 0.6) is 11.5 Å². The molecule has 0 atom stereocenters. The van der Waals surface area contributed by atoms with Gasteiger partial charge in [-0.05, 0) is 97.1 Å². The molecule has 4 aromatic carbocycles. The molecule has 39 heavy (non-hydrogen) atoms. The number of aliphatic imine (C=N–C) groups is 2. The predicted octanol–water partition coefficient (Wildman–Crippen LogP) is 7.06. The second kappa shape index (κ2) is 11.5. The Morgan fingerprint density at radius 3 is 1.74 bits per heavy atom. The van der Waals surface area contributed by atoms with E-state index in [4.69, 9.17) is 43.3 Å². The van der Waals surface area contributed by atoms with E-state index in [-0.39, 0.29) is 16.9 Å². The van der Waals surface area contributed by atoms with Gasteiger partial charge in [-0.25, -0.2) is 14.9 Å². The lowest BCUT2D eigenvalue weighted by atomic mass is 10.2. The van der Waals surface area contributed by atoms with Crippen LogP contribution in [0.3, 0.4) is 0 Å². The Morgan fingerprint density at radius 2 is 1.23 bits per heavy atom. The molecule has 5 rings (SSSR count). The Kier molecular flexibility index (Phi) is 7.67.